The maximum atomic E-state index is 12.5. The van der Waals surface area contributed by atoms with Gasteiger partial charge in [0.25, 0.3) is 0 Å². The second-order valence-corrected chi connectivity index (χ2v) is 8.56. The molecule has 2 aliphatic rings. The van der Waals surface area contributed by atoms with Crippen LogP contribution >= 0.6 is 0 Å². The lowest BCUT2D eigenvalue weighted by Crippen LogP contribution is -2.52. The lowest BCUT2D eigenvalue weighted by molar-refractivity contribution is -0.152. The van der Waals surface area contributed by atoms with Gasteiger partial charge in [0.05, 0.1) is 42.8 Å². The van der Waals surface area contributed by atoms with Crippen molar-refractivity contribution < 1.29 is 19.7 Å². The van der Waals surface area contributed by atoms with E-state index < -0.39 is 23.2 Å². The number of ether oxygens (including phenoxy) is 2. The van der Waals surface area contributed by atoms with Gasteiger partial charge in [-0.1, -0.05) is 42.5 Å². The molecule has 1 unspecified atom stereocenters. The van der Waals surface area contributed by atoms with Crippen molar-refractivity contribution in [3.8, 4) is 17.6 Å². The Labute approximate surface area is 192 Å². The largest absolute Gasteiger partial charge is 0.495 e. The quantitative estimate of drug-likeness (QED) is 0.556. The van der Waals surface area contributed by atoms with Gasteiger partial charge in [0.2, 0.25) is 0 Å². The standard InChI is InChI=1S/C26H25N3O4/c1-28-13-19-22(17-6-4-3-5-7-17)26(18-10-8-16(12-27)9-11-18)25(31,24(19)30)23-20(32-2)14-29-15-21(23)33-26/h3-11,14-15,19,22,24,28,30-31H,13H2,1-2H3/t19-,22?,24-,25+,26+/m1/s1. The van der Waals surface area contributed by atoms with Gasteiger partial charge in [0, 0.05) is 18.4 Å². The zero-order valence-electron chi connectivity index (χ0n) is 18.4. The van der Waals surface area contributed by atoms with Crippen LogP contribution in [0.3, 0.4) is 0 Å². The molecule has 0 spiro atoms. The number of pyridine rings is 1. The van der Waals surface area contributed by atoms with E-state index in [9.17, 15) is 15.5 Å². The van der Waals surface area contributed by atoms with Crippen molar-refractivity contribution in [1.82, 2.24) is 10.3 Å². The molecule has 5 atom stereocenters. The fourth-order valence-corrected chi connectivity index (χ4v) is 5.79. The van der Waals surface area contributed by atoms with E-state index in [0.29, 0.717) is 34.7 Å². The Morgan fingerprint density at radius 1 is 1.15 bits per heavy atom. The molecule has 1 aliphatic carbocycles. The molecular weight excluding hydrogens is 418 g/mol. The van der Waals surface area contributed by atoms with Crippen LogP contribution in [0.5, 0.6) is 11.5 Å². The lowest BCUT2D eigenvalue weighted by atomic mass is 9.70. The molecular formula is C26H25N3O4. The van der Waals surface area contributed by atoms with Gasteiger partial charge in [-0.25, -0.2) is 0 Å². The van der Waals surface area contributed by atoms with Crippen LogP contribution in [0, 0.1) is 17.2 Å². The fourth-order valence-electron chi connectivity index (χ4n) is 5.79. The monoisotopic (exact) mass is 443 g/mol. The highest BCUT2D eigenvalue weighted by atomic mass is 16.5. The number of aliphatic hydroxyl groups excluding tert-OH is 1. The molecule has 7 heteroatoms. The molecule has 2 heterocycles. The molecule has 1 fully saturated rings. The van der Waals surface area contributed by atoms with Crippen LogP contribution in [0.4, 0.5) is 0 Å². The second-order valence-electron chi connectivity index (χ2n) is 8.56. The minimum absolute atomic E-state index is 0.349. The normalized spacial score (nSPS) is 29.6. The molecule has 0 saturated heterocycles. The number of nitriles is 1. The average molecular weight is 444 g/mol. The third-order valence-corrected chi connectivity index (χ3v) is 7.06. The molecule has 168 valence electrons. The van der Waals surface area contributed by atoms with E-state index >= 15 is 0 Å². The van der Waals surface area contributed by atoms with E-state index in [-0.39, 0.29) is 5.92 Å². The predicted molar refractivity (Wildman–Crippen MR) is 121 cm³/mol. The number of aromatic nitrogens is 1. The van der Waals surface area contributed by atoms with Crippen LogP contribution in [0.2, 0.25) is 0 Å². The first kappa shape index (κ1) is 21.4. The predicted octanol–water partition coefficient (Wildman–Crippen LogP) is 2.43. The zero-order valence-corrected chi connectivity index (χ0v) is 18.4. The van der Waals surface area contributed by atoms with Crippen molar-refractivity contribution in [3.05, 3.63) is 89.2 Å². The van der Waals surface area contributed by atoms with E-state index in [4.69, 9.17) is 9.47 Å². The molecule has 3 aromatic rings. The Kier molecular flexibility index (Phi) is 5.09. The van der Waals surface area contributed by atoms with Crippen molar-refractivity contribution in [1.29, 1.82) is 5.26 Å². The van der Waals surface area contributed by atoms with Crippen molar-refractivity contribution in [2.45, 2.75) is 23.2 Å². The van der Waals surface area contributed by atoms with Gasteiger partial charge >= 0.3 is 0 Å². The third-order valence-electron chi connectivity index (χ3n) is 7.06. The Morgan fingerprint density at radius 2 is 1.88 bits per heavy atom. The van der Waals surface area contributed by atoms with E-state index in [1.165, 1.54) is 13.3 Å². The number of hydrogen-bond acceptors (Lipinski definition) is 7. The Bertz CT molecular complexity index is 1210. The number of fused-ring (bicyclic) bond motifs is 3. The third kappa shape index (κ3) is 2.75. The molecule has 1 aromatic heterocycles. The van der Waals surface area contributed by atoms with Gasteiger partial charge in [-0.2, -0.15) is 5.26 Å². The smallest absolute Gasteiger partial charge is 0.177 e. The van der Waals surface area contributed by atoms with Crippen LogP contribution in [0.15, 0.2) is 67.0 Å². The summed E-state index contributed by atoms with van der Waals surface area (Å²) < 4.78 is 12.2. The summed E-state index contributed by atoms with van der Waals surface area (Å²) in [6.07, 6.45) is 1.88. The van der Waals surface area contributed by atoms with E-state index in [2.05, 4.69) is 16.4 Å². The maximum absolute atomic E-state index is 12.5. The summed E-state index contributed by atoms with van der Waals surface area (Å²) in [7, 11) is 3.32. The Balaban J connectivity index is 1.85. The minimum Gasteiger partial charge on any atom is -0.495 e. The van der Waals surface area contributed by atoms with Gasteiger partial charge in [0.15, 0.2) is 11.2 Å². The summed E-state index contributed by atoms with van der Waals surface area (Å²) in [5, 5.41) is 36.8. The molecule has 3 N–H and O–H groups in total. The first-order valence-corrected chi connectivity index (χ1v) is 10.8. The van der Waals surface area contributed by atoms with E-state index in [0.717, 1.165) is 5.56 Å². The van der Waals surface area contributed by atoms with Crippen LogP contribution in [-0.4, -0.2) is 42.0 Å². The first-order chi connectivity index (χ1) is 16.0. The molecule has 1 aliphatic heterocycles. The molecule has 0 amide bonds. The maximum Gasteiger partial charge on any atom is 0.177 e. The van der Waals surface area contributed by atoms with E-state index in [1.807, 2.05) is 37.4 Å². The van der Waals surface area contributed by atoms with Gasteiger partial charge in [-0.15, -0.1) is 0 Å². The minimum atomic E-state index is -1.83. The van der Waals surface area contributed by atoms with Crippen molar-refractivity contribution in [3.63, 3.8) is 0 Å². The molecule has 0 radical (unpaired) electrons. The highest BCUT2D eigenvalue weighted by Gasteiger charge is 2.76. The summed E-state index contributed by atoms with van der Waals surface area (Å²) >= 11 is 0. The molecule has 33 heavy (non-hydrogen) atoms. The number of nitrogens with one attached hydrogen (secondary N) is 1. The Hall–Kier alpha value is -3.44. The molecule has 0 bridgehead atoms. The first-order valence-electron chi connectivity index (χ1n) is 10.8. The highest BCUT2D eigenvalue weighted by Crippen LogP contribution is 2.69. The van der Waals surface area contributed by atoms with Gasteiger partial charge in [-0.05, 0) is 30.3 Å². The van der Waals surface area contributed by atoms with Crippen LogP contribution in [-0.2, 0) is 11.2 Å². The molecule has 5 rings (SSSR count). The molecule has 7 nitrogen and oxygen atoms in total. The molecule has 2 aromatic carbocycles. The number of rotatable bonds is 5. The summed E-state index contributed by atoms with van der Waals surface area (Å²) in [4.78, 5) is 4.22. The SMILES string of the molecule is CNC[C@@H]1C(c2ccccc2)[C@]2(c3ccc(C#N)cc3)Oc3cncc(OC)c3[C@]2(O)[C@@H]1O. The zero-order chi connectivity index (χ0) is 23.2. The molecule has 1 saturated carbocycles. The summed E-state index contributed by atoms with van der Waals surface area (Å²) in [6.45, 7) is 0.452. The number of hydrogen-bond donors (Lipinski definition) is 3. The average Bonchev–Trinajstić information content (AvgIpc) is 3.23. The van der Waals surface area contributed by atoms with Gasteiger partial charge < -0.3 is 25.0 Å². The van der Waals surface area contributed by atoms with Gasteiger partial charge in [0.1, 0.15) is 11.5 Å². The Morgan fingerprint density at radius 3 is 2.52 bits per heavy atom. The van der Waals surface area contributed by atoms with Crippen LogP contribution < -0.4 is 14.8 Å². The second kappa shape index (κ2) is 7.85. The number of benzene rings is 2. The summed E-state index contributed by atoms with van der Waals surface area (Å²) in [5.41, 5.74) is -0.730. The van der Waals surface area contributed by atoms with E-state index in [1.54, 1.807) is 30.5 Å². The van der Waals surface area contributed by atoms with Crippen molar-refractivity contribution >= 4 is 0 Å². The fraction of sp³-hybridized carbons (Fsp3) is 0.308. The van der Waals surface area contributed by atoms with Crippen molar-refractivity contribution in [2.24, 2.45) is 5.92 Å². The summed E-state index contributed by atoms with van der Waals surface area (Å²) in [6, 6.07) is 18.9. The van der Waals surface area contributed by atoms with Crippen LogP contribution in [0.25, 0.3) is 0 Å². The highest BCUT2D eigenvalue weighted by molar-refractivity contribution is 5.59. The topological polar surface area (TPSA) is 108 Å². The number of nitrogens with zero attached hydrogens (tertiary/aromatic N) is 2. The summed E-state index contributed by atoms with van der Waals surface area (Å²) in [5.74, 6) is -0.0918. The lowest BCUT2D eigenvalue weighted by Gasteiger charge is -2.41. The van der Waals surface area contributed by atoms with Crippen LogP contribution in [0.1, 0.15) is 28.2 Å². The number of aliphatic hydroxyl groups is 2. The van der Waals surface area contributed by atoms with Crippen molar-refractivity contribution in [2.75, 3.05) is 20.7 Å². The van der Waals surface area contributed by atoms with Gasteiger partial charge in [-0.3, -0.25) is 4.98 Å². The number of methoxy groups -OCH3 is 1.